The van der Waals surface area contributed by atoms with E-state index in [1.54, 1.807) is 42.5 Å². The fraction of sp³-hybridized carbons (Fsp3) is 0.323. The summed E-state index contributed by atoms with van der Waals surface area (Å²) in [6.07, 6.45) is 1.04. The number of carboxylic acids is 1. The number of likely N-dealkylation sites (tertiary alicyclic amines) is 1. The van der Waals surface area contributed by atoms with E-state index < -0.39 is 24.2 Å². The number of carbonyl (C=O) groups is 1. The molecule has 1 heterocycles. The molecule has 1 aliphatic rings. The van der Waals surface area contributed by atoms with E-state index in [1.807, 2.05) is 37.3 Å². The van der Waals surface area contributed by atoms with Gasteiger partial charge in [0.25, 0.3) is 0 Å². The minimum absolute atomic E-state index is 0. The van der Waals surface area contributed by atoms with Crippen molar-refractivity contribution in [3.63, 3.8) is 0 Å². The second-order valence-electron chi connectivity index (χ2n) is 9.80. The van der Waals surface area contributed by atoms with Crippen molar-refractivity contribution in [1.29, 1.82) is 0 Å². The number of hydrogen-bond acceptors (Lipinski definition) is 7. The topological polar surface area (TPSA) is 111 Å². The number of aliphatic imine (C=N–C) groups is 2. The van der Waals surface area contributed by atoms with E-state index in [0.717, 1.165) is 18.5 Å². The van der Waals surface area contributed by atoms with Crippen molar-refractivity contribution in [3.05, 3.63) is 99.5 Å². The Labute approximate surface area is 260 Å². The molecule has 1 aliphatic heterocycles. The van der Waals surface area contributed by atoms with Crippen LogP contribution in [0.4, 0.5) is 5.69 Å². The van der Waals surface area contributed by atoms with Crippen molar-refractivity contribution < 1.29 is 36.6 Å². The standard InChI is InChI=1S/C31H33Cl2N3O4.Ni/c1-2-9-27(37)29(31(39)40)35-28(22-12-6-7-13-24(22)33)23-18-21(32)15-16-25(23)34-30(38)26-14-8-17-36(26)19-20-10-4-3-5-11-20;/h3-7,10-13,15-16,18,26-27,29,37H,2,8-9,14,17,19H2,1H3,(H,34,38)(H,39,40);/q;+2/p-2/t26-,27-,29+;/m0./s1. The Kier molecular flexibility index (Phi) is 12.4. The van der Waals surface area contributed by atoms with Crippen LogP contribution in [0.15, 0.2) is 82.8 Å². The van der Waals surface area contributed by atoms with Gasteiger partial charge in [0.05, 0.1) is 23.5 Å². The fourth-order valence-electron chi connectivity index (χ4n) is 4.93. The van der Waals surface area contributed by atoms with Crippen molar-refractivity contribution in [2.75, 3.05) is 6.54 Å². The molecule has 41 heavy (non-hydrogen) atoms. The summed E-state index contributed by atoms with van der Waals surface area (Å²) in [6, 6.07) is 19.6. The third kappa shape index (κ3) is 8.40. The summed E-state index contributed by atoms with van der Waals surface area (Å²) in [5.74, 6) is -1.83. The van der Waals surface area contributed by atoms with Gasteiger partial charge in [0, 0.05) is 33.8 Å². The number of aliphatic hydroxyl groups excluding tert-OH is 1. The largest absolute Gasteiger partial charge is 2.00 e. The SMILES string of the molecule is CCC[C@H](O)[C@@H](N=C(c1ccccc1Cl)c1cc(Cl)ccc1N=C([O-])[C@@H]1CCCN1Cc1ccccc1)C(=O)[O-].[Ni+2]. The average molecular weight is 639 g/mol. The van der Waals surface area contributed by atoms with E-state index in [9.17, 15) is 20.1 Å². The molecular weight excluding hydrogens is 608 g/mol. The van der Waals surface area contributed by atoms with Crippen LogP contribution in [0.1, 0.15) is 49.3 Å². The summed E-state index contributed by atoms with van der Waals surface area (Å²) < 4.78 is 0. The van der Waals surface area contributed by atoms with Gasteiger partial charge in [0.15, 0.2) is 0 Å². The Bertz CT molecular complexity index is 1390. The third-order valence-electron chi connectivity index (χ3n) is 6.91. The van der Waals surface area contributed by atoms with Gasteiger partial charge in [-0.15, -0.1) is 0 Å². The normalized spacial score (nSPS) is 17.6. The van der Waals surface area contributed by atoms with Gasteiger partial charge in [-0.1, -0.05) is 85.1 Å². The van der Waals surface area contributed by atoms with Crippen LogP contribution < -0.4 is 10.2 Å². The minimum Gasteiger partial charge on any atom is -0.861 e. The molecule has 218 valence electrons. The molecule has 0 radical (unpaired) electrons. The molecule has 3 atom stereocenters. The second-order valence-corrected chi connectivity index (χ2v) is 10.6. The van der Waals surface area contributed by atoms with Crippen LogP contribution in [0, 0.1) is 0 Å². The summed E-state index contributed by atoms with van der Waals surface area (Å²) in [6.45, 7) is 3.25. The van der Waals surface area contributed by atoms with Gasteiger partial charge in [-0.2, -0.15) is 0 Å². The summed E-state index contributed by atoms with van der Waals surface area (Å²) in [5, 5.41) is 36.9. The molecular formula is C31H31Cl2N3NiO4. The molecule has 4 rings (SSSR count). The maximum Gasteiger partial charge on any atom is 2.00 e. The predicted molar refractivity (Wildman–Crippen MR) is 155 cm³/mol. The molecule has 0 spiro atoms. The van der Waals surface area contributed by atoms with Gasteiger partial charge in [0.1, 0.15) is 6.04 Å². The third-order valence-corrected chi connectivity index (χ3v) is 7.47. The van der Waals surface area contributed by atoms with Crippen molar-refractivity contribution in [2.45, 2.75) is 57.3 Å². The molecule has 3 aromatic rings. The number of hydrogen-bond donors (Lipinski definition) is 1. The first-order valence-corrected chi connectivity index (χ1v) is 14.1. The molecule has 3 aromatic carbocycles. The van der Waals surface area contributed by atoms with E-state index in [0.29, 0.717) is 40.6 Å². The Balaban J connectivity index is 0.00000462. The van der Waals surface area contributed by atoms with Crippen molar-refractivity contribution in [1.82, 2.24) is 4.90 Å². The number of aliphatic hydroxyl groups is 1. The molecule has 10 heteroatoms. The number of aliphatic carboxylic acids is 1. The van der Waals surface area contributed by atoms with E-state index in [1.165, 1.54) is 0 Å². The Morgan fingerprint density at radius 2 is 1.76 bits per heavy atom. The molecule has 0 bridgehead atoms. The number of benzene rings is 3. The molecule has 0 unspecified atom stereocenters. The number of carbonyl (C=O) groups excluding carboxylic acids is 1. The maximum absolute atomic E-state index is 13.6. The molecule has 0 saturated carbocycles. The molecule has 1 N–H and O–H groups in total. The Morgan fingerprint density at radius 3 is 2.44 bits per heavy atom. The molecule has 1 fully saturated rings. The van der Waals surface area contributed by atoms with E-state index in [-0.39, 0.29) is 40.2 Å². The first kappa shape index (κ1) is 32.8. The number of carboxylic acid groups (broad SMARTS) is 1. The monoisotopic (exact) mass is 637 g/mol. The van der Waals surface area contributed by atoms with Gasteiger partial charge in [-0.3, -0.25) is 14.9 Å². The zero-order valence-electron chi connectivity index (χ0n) is 22.5. The van der Waals surface area contributed by atoms with Gasteiger partial charge in [-0.25, -0.2) is 0 Å². The number of nitrogens with zero attached hydrogens (tertiary/aromatic N) is 3. The summed E-state index contributed by atoms with van der Waals surface area (Å²) >= 11 is 12.9. The van der Waals surface area contributed by atoms with Crippen molar-refractivity contribution in [2.24, 2.45) is 9.98 Å². The van der Waals surface area contributed by atoms with Gasteiger partial charge < -0.3 is 20.1 Å². The van der Waals surface area contributed by atoms with Gasteiger partial charge >= 0.3 is 16.5 Å². The zero-order chi connectivity index (χ0) is 28.6. The van der Waals surface area contributed by atoms with Crippen LogP contribution >= 0.6 is 23.2 Å². The van der Waals surface area contributed by atoms with Crippen LogP contribution in [0.5, 0.6) is 0 Å². The maximum atomic E-state index is 13.6. The predicted octanol–water partition coefficient (Wildman–Crippen LogP) is 4.16. The van der Waals surface area contributed by atoms with Gasteiger partial charge in [-0.05, 0) is 61.5 Å². The Hall–Kier alpha value is -2.74. The number of rotatable bonds is 11. The average Bonchev–Trinajstić information content (AvgIpc) is 3.40. The fourth-order valence-corrected chi connectivity index (χ4v) is 5.32. The molecule has 0 aliphatic carbocycles. The summed E-state index contributed by atoms with van der Waals surface area (Å²) in [7, 11) is 0. The van der Waals surface area contributed by atoms with Crippen LogP contribution in [-0.4, -0.2) is 52.3 Å². The Morgan fingerprint density at radius 1 is 1.05 bits per heavy atom. The quantitative estimate of drug-likeness (QED) is 0.193. The van der Waals surface area contributed by atoms with Crippen molar-refractivity contribution in [3.8, 4) is 0 Å². The van der Waals surface area contributed by atoms with E-state index in [2.05, 4.69) is 14.9 Å². The summed E-state index contributed by atoms with van der Waals surface area (Å²) in [5.41, 5.74) is 2.29. The molecule has 0 amide bonds. The van der Waals surface area contributed by atoms with Crippen LogP contribution in [-0.2, 0) is 27.8 Å². The smallest absolute Gasteiger partial charge is 0.861 e. The number of halogens is 2. The van der Waals surface area contributed by atoms with Gasteiger partial charge in [0.2, 0.25) is 0 Å². The summed E-state index contributed by atoms with van der Waals surface area (Å²) in [4.78, 5) is 23.1. The van der Waals surface area contributed by atoms with E-state index in [4.69, 9.17) is 23.2 Å². The van der Waals surface area contributed by atoms with Crippen LogP contribution in [0.3, 0.4) is 0 Å². The first-order valence-electron chi connectivity index (χ1n) is 13.3. The second kappa shape index (κ2) is 15.5. The molecule has 1 saturated heterocycles. The van der Waals surface area contributed by atoms with Crippen LogP contribution in [0.2, 0.25) is 10.0 Å². The zero-order valence-corrected chi connectivity index (χ0v) is 25.0. The van der Waals surface area contributed by atoms with E-state index >= 15 is 0 Å². The molecule has 0 aromatic heterocycles. The minimum atomic E-state index is -1.56. The molecule has 7 nitrogen and oxygen atoms in total. The van der Waals surface area contributed by atoms with Crippen LogP contribution in [0.25, 0.3) is 0 Å². The van der Waals surface area contributed by atoms with Crippen molar-refractivity contribution >= 4 is 46.5 Å². The first-order chi connectivity index (χ1) is 19.3.